The molecule has 6 rings (SSSR count). The van der Waals surface area contributed by atoms with Crippen molar-refractivity contribution in [1.82, 2.24) is 9.88 Å². The SMILES string of the molecule is O=C(O)c1ccc(CN2CCC(Nc3cc(=O)[nH]c4ccc(C(c5ccc(Cl)cc5)c5ccc(Cl)cc5)cc34)CC2)s1. The zero-order valence-corrected chi connectivity index (χ0v) is 25.0. The molecule has 214 valence electrons. The van der Waals surface area contributed by atoms with Gasteiger partial charge in [-0.05, 0) is 78.1 Å². The maximum Gasteiger partial charge on any atom is 0.345 e. The van der Waals surface area contributed by atoms with E-state index >= 15 is 0 Å². The molecule has 3 N–H and O–H groups in total. The highest BCUT2D eigenvalue weighted by Gasteiger charge is 2.22. The fourth-order valence-electron chi connectivity index (χ4n) is 5.71. The molecule has 2 aromatic heterocycles. The summed E-state index contributed by atoms with van der Waals surface area (Å²) < 4.78 is 0. The van der Waals surface area contributed by atoms with E-state index in [-0.39, 0.29) is 17.5 Å². The molecule has 3 aromatic carbocycles. The van der Waals surface area contributed by atoms with Crippen molar-refractivity contribution in [3.8, 4) is 0 Å². The number of carboxylic acid groups (broad SMARTS) is 1. The number of anilines is 1. The van der Waals surface area contributed by atoms with Crippen molar-refractivity contribution in [3.63, 3.8) is 0 Å². The molecule has 3 heterocycles. The van der Waals surface area contributed by atoms with Crippen LogP contribution in [0.15, 0.2) is 89.7 Å². The van der Waals surface area contributed by atoms with E-state index in [0.717, 1.165) is 70.6 Å². The van der Waals surface area contributed by atoms with Crippen LogP contribution in [0.5, 0.6) is 0 Å². The number of carbonyl (C=O) groups is 1. The van der Waals surface area contributed by atoms with Gasteiger partial charge in [0.25, 0.3) is 0 Å². The van der Waals surface area contributed by atoms with Gasteiger partial charge in [-0.1, -0.05) is 53.5 Å². The number of H-pyrrole nitrogens is 1. The number of benzene rings is 3. The minimum atomic E-state index is -0.880. The quantitative estimate of drug-likeness (QED) is 0.154. The average Bonchev–Trinajstić information content (AvgIpc) is 3.45. The summed E-state index contributed by atoms with van der Waals surface area (Å²) in [6, 6.07) is 27.4. The van der Waals surface area contributed by atoms with Gasteiger partial charge in [-0.25, -0.2) is 4.79 Å². The van der Waals surface area contributed by atoms with Crippen molar-refractivity contribution in [1.29, 1.82) is 0 Å². The normalized spacial score (nSPS) is 14.5. The summed E-state index contributed by atoms with van der Waals surface area (Å²) in [5, 5.41) is 15.2. The summed E-state index contributed by atoms with van der Waals surface area (Å²) in [6.45, 7) is 2.53. The summed E-state index contributed by atoms with van der Waals surface area (Å²) in [4.78, 5) is 30.6. The van der Waals surface area contributed by atoms with Crippen LogP contribution < -0.4 is 10.9 Å². The fourth-order valence-corrected chi connectivity index (χ4v) is 6.85. The van der Waals surface area contributed by atoms with Gasteiger partial charge in [-0.15, -0.1) is 11.3 Å². The maximum atomic E-state index is 12.6. The molecular weight excluding hydrogens is 589 g/mol. The zero-order valence-electron chi connectivity index (χ0n) is 22.6. The summed E-state index contributed by atoms with van der Waals surface area (Å²) >= 11 is 13.8. The first-order valence-electron chi connectivity index (χ1n) is 13.8. The lowest BCUT2D eigenvalue weighted by molar-refractivity contribution is 0.0702. The molecule has 6 nitrogen and oxygen atoms in total. The van der Waals surface area contributed by atoms with Gasteiger partial charge in [-0.3, -0.25) is 9.69 Å². The van der Waals surface area contributed by atoms with E-state index < -0.39 is 5.97 Å². The lowest BCUT2D eigenvalue weighted by Gasteiger charge is -2.32. The Kier molecular flexibility index (Phi) is 8.36. The smallest absolute Gasteiger partial charge is 0.345 e. The number of thiophene rings is 1. The lowest BCUT2D eigenvalue weighted by Crippen LogP contribution is -2.38. The second-order valence-electron chi connectivity index (χ2n) is 10.7. The Morgan fingerprint density at radius 2 is 1.52 bits per heavy atom. The third-order valence-electron chi connectivity index (χ3n) is 7.81. The molecule has 1 saturated heterocycles. The molecule has 0 saturated carbocycles. The molecule has 1 aliphatic heterocycles. The Labute approximate surface area is 257 Å². The summed E-state index contributed by atoms with van der Waals surface area (Å²) in [5.74, 6) is -0.930. The van der Waals surface area contributed by atoms with E-state index in [0.29, 0.717) is 14.9 Å². The van der Waals surface area contributed by atoms with Gasteiger partial charge in [-0.2, -0.15) is 0 Å². The Hall–Kier alpha value is -3.62. The van der Waals surface area contributed by atoms with E-state index in [9.17, 15) is 14.7 Å². The predicted octanol–water partition coefficient (Wildman–Crippen LogP) is 7.85. The van der Waals surface area contributed by atoms with Crippen LogP contribution in [-0.2, 0) is 6.54 Å². The first-order valence-corrected chi connectivity index (χ1v) is 15.4. The van der Waals surface area contributed by atoms with Crippen molar-refractivity contribution < 1.29 is 9.90 Å². The van der Waals surface area contributed by atoms with Crippen LogP contribution in [0.25, 0.3) is 10.9 Å². The molecule has 0 aliphatic carbocycles. The van der Waals surface area contributed by atoms with Crippen molar-refractivity contribution in [2.45, 2.75) is 31.3 Å². The standard InChI is InChI=1S/C33H29Cl2N3O3S/c34-23-6-1-20(2-7-23)32(21-3-8-24(35)9-4-21)22-5-11-28-27(17-22)29(18-31(39)37-28)36-25-13-15-38(16-14-25)19-26-10-12-30(42-26)33(40)41/h1-12,17-18,25,32H,13-16,19H2,(H,40,41)(H2,36,37,39). The molecule has 1 fully saturated rings. The molecule has 9 heteroatoms. The topological polar surface area (TPSA) is 85.4 Å². The van der Waals surface area contributed by atoms with Crippen LogP contribution in [-0.4, -0.2) is 40.1 Å². The average molecular weight is 619 g/mol. The number of aromatic carboxylic acids is 1. The second kappa shape index (κ2) is 12.3. The van der Waals surface area contributed by atoms with Crippen molar-refractivity contribution in [3.05, 3.63) is 132 Å². The van der Waals surface area contributed by atoms with E-state index in [2.05, 4.69) is 27.3 Å². The molecule has 0 amide bonds. The summed E-state index contributed by atoms with van der Waals surface area (Å²) in [5.41, 5.74) is 4.76. The molecule has 5 aromatic rings. The Balaban J connectivity index is 1.26. The highest BCUT2D eigenvalue weighted by atomic mass is 35.5. The van der Waals surface area contributed by atoms with Crippen molar-refractivity contribution in [2.75, 3.05) is 18.4 Å². The molecular formula is C33H29Cl2N3O3S. The van der Waals surface area contributed by atoms with Crippen LogP contribution in [0.4, 0.5) is 5.69 Å². The maximum absolute atomic E-state index is 12.6. The number of halogens is 2. The van der Waals surface area contributed by atoms with Crippen LogP contribution >= 0.6 is 34.5 Å². The first kappa shape index (κ1) is 28.5. The number of hydrogen-bond acceptors (Lipinski definition) is 5. The number of rotatable bonds is 8. The third-order valence-corrected chi connectivity index (χ3v) is 9.37. The summed E-state index contributed by atoms with van der Waals surface area (Å²) in [6.07, 6.45) is 1.84. The molecule has 0 unspecified atom stereocenters. The monoisotopic (exact) mass is 617 g/mol. The Morgan fingerprint density at radius 1 is 0.905 bits per heavy atom. The molecule has 0 spiro atoms. The number of pyridine rings is 1. The predicted molar refractivity (Wildman–Crippen MR) is 172 cm³/mol. The number of nitrogens with one attached hydrogen (secondary N) is 2. The number of aromatic nitrogens is 1. The fraction of sp³-hybridized carbons (Fsp3) is 0.212. The van der Waals surface area contributed by atoms with Crippen LogP contribution in [0.2, 0.25) is 10.0 Å². The Morgan fingerprint density at radius 3 is 2.12 bits per heavy atom. The minimum Gasteiger partial charge on any atom is -0.477 e. The molecule has 1 aliphatic rings. The number of nitrogens with zero attached hydrogens (tertiary/aromatic N) is 1. The highest BCUT2D eigenvalue weighted by molar-refractivity contribution is 7.13. The molecule has 0 bridgehead atoms. The van der Waals surface area contributed by atoms with Gasteiger partial charge in [0.05, 0.1) is 5.52 Å². The number of piperidine rings is 1. The summed E-state index contributed by atoms with van der Waals surface area (Å²) in [7, 11) is 0. The number of hydrogen-bond donors (Lipinski definition) is 3. The van der Waals surface area contributed by atoms with Gasteiger partial charge in [0.1, 0.15) is 4.88 Å². The number of fused-ring (bicyclic) bond motifs is 1. The van der Waals surface area contributed by atoms with Crippen molar-refractivity contribution >= 4 is 57.1 Å². The van der Waals surface area contributed by atoms with E-state index in [1.165, 1.54) is 11.3 Å². The first-order chi connectivity index (χ1) is 20.3. The molecule has 0 radical (unpaired) electrons. The zero-order chi connectivity index (χ0) is 29.2. The largest absolute Gasteiger partial charge is 0.477 e. The molecule has 0 atom stereocenters. The Bertz CT molecular complexity index is 1730. The van der Waals surface area contributed by atoms with Gasteiger partial charge in [0.15, 0.2) is 0 Å². The van der Waals surface area contributed by atoms with Gasteiger partial charge in [0.2, 0.25) is 5.56 Å². The number of carboxylic acids is 1. The molecule has 42 heavy (non-hydrogen) atoms. The van der Waals surface area contributed by atoms with Gasteiger partial charge in [0, 0.05) is 63.7 Å². The van der Waals surface area contributed by atoms with Crippen LogP contribution in [0.3, 0.4) is 0 Å². The van der Waals surface area contributed by atoms with E-state index in [1.54, 1.807) is 12.1 Å². The second-order valence-corrected chi connectivity index (χ2v) is 12.7. The van der Waals surface area contributed by atoms with Crippen molar-refractivity contribution in [2.24, 2.45) is 0 Å². The number of aromatic amines is 1. The third kappa shape index (κ3) is 6.40. The van der Waals surface area contributed by atoms with Crippen LogP contribution in [0.1, 0.15) is 50.0 Å². The minimum absolute atomic E-state index is 0.0501. The van der Waals surface area contributed by atoms with E-state index in [4.69, 9.17) is 23.2 Å². The van der Waals surface area contributed by atoms with Gasteiger partial charge < -0.3 is 15.4 Å². The van der Waals surface area contributed by atoms with E-state index in [1.807, 2.05) is 60.7 Å². The number of likely N-dealkylation sites (tertiary alicyclic amines) is 1. The lowest BCUT2D eigenvalue weighted by atomic mass is 9.84. The van der Waals surface area contributed by atoms with Gasteiger partial charge >= 0.3 is 5.97 Å². The highest BCUT2D eigenvalue weighted by Crippen LogP contribution is 2.36. The van der Waals surface area contributed by atoms with Crippen LogP contribution in [0, 0.1) is 0 Å².